The predicted octanol–water partition coefficient (Wildman–Crippen LogP) is 1.65. The van der Waals surface area contributed by atoms with Gasteiger partial charge in [0.05, 0.1) is 6.54 Å². The summed E-state index contributed by atoms with van der Waals surface area (Å²) < 4.78 is 1.99. The molecule has 1 N–H and O–H groups in total. The predicted molar refractivity (Wildman–Crippen MR) is 76.9 cm³/mol. The van der Waals surface area contributed by atoms with E-state index in [2.05, 4.69) is 54.9 Å². The number of hydrogen-bond donors (Lipinski definition) is 1. The van der Waals surface area contributed by atoms with E-state index in [1.54, 1.807) is 6.33 Å². The molecule has 1 aromatic heterocycles. The van der Waals surface area contributed by atoms with Crippen molar-refractivity contribution in [1.29, 1.82) is 0 Å². The van der Waals surface area contributed by atoms with Crippen molar-refractivity contribution in [2.45, 2.75) is 65.2 Å². The van der Waals surface area contributed by atoms with Gasteiger partial charge in [0.1, 0.15) is 12.2 Å². The molecular formula is C14H27N5. The molecule has 1 fully saturated rings. The molecule has 19 heavy (non-hydrogen) atoms. The molecule has 0 amide bonds. The van der Waals surface area contributed by atoms with Crippen LogP contribution in [0.25, 0.3) is 0 Å². The van der Waals surface area contributed by atoms with Crippen molar-refractivity contribution in [3.05, 3.63) is 12.2 Å². The summed E-state index contributed by atoms with van der Waals surface area (Å²) in [7, 11) is 0. The Hall–Kier alpha value is -0.940. The van der Waals surface area contributed by atoms with Crippen LogP contribution in [0.4, 0.5) is 0 Å². The zero-order chi connectivity index (χ0) is 14.1. The van der Waals surface area contributed by atoms with Gasteiger partial charge >= 0.3 is 0 Å². The summed E-state index contributed by atoms with van der Waals surface area (Å²) in [6.07, 6.45) is 2.80. The van der Waals surface area contributed by atoms with Crippen LogP contribution in [0.1, 0.15) is 46.9 Å². The lowest BCUT2D eigenvalue weighted by atomic mass is 9.88. The molecule has 0 bridgehead atoms. The Balaban J connectivity index is 2.16. The molecule has 0 aliphatic carbocycles. The molecule has 1 aromatic rings. The second-order valence-electron chi connectivity index (χ2n) is 6.43. The Morgan fingerprint density at radius 2 is 2.05 bits per heavy atom. The molecule has 0 spiro atoms. The fourth-order valence-corrected chi connectivity index (χ4v) is 2.58. The van der Waals surface area contributed by atoms with E-state index in [4.69, 9.17) is 0 Å². The third-order valence-electron chi connectivity index (χ3n) is 4.45. The minimum atomic E-state index is 0.152. The maximum Gasteiger partial charge on any atom is 0.141 e. The van der Waals surface area contributed by atoms with Gasteiger partial charge in [0.25, 0.3) is 0 Å². The molecule has 5 heteroatoms. The van der Waals surface area contributed by atoms with Gasteiger partial charge < -0.3 is 5.32 Å². The van der Waals surface area contributed by atoms with E-state index in [1.807, 2.05) is 4.68 Å². The van der Waals surface area contributed by atoms with E-state index >= 15 is 0 Å². The first kappa shape index (κ1) is 14.5. The van der Waals surface area contributed by atoms with Crippen LogP contribution in [0.15, 0.2) is 6.33 Å². The summed E-state index contributed by atoms with van der Waals surface area (Å²) in [5.41, 5.74) is 0.353. The van der Waals surface area contributed by atoms with Crippen LogP contribution in [0, 0.1) is 0 Å². The highest BCUT2D eigenvalue weighted by Crippen LogP contribution is 2.26. The quantitative estimate of drug-likeness (QED) is 0.899. The van der Waals surface area contributed by atoms with Gasteiger partial charge in [0.15, 0.2) is 0 Å². The van der Waals surface area contributed by atoms with Crippen LogP contribution >= 0.6 is 0 Å². The van der Waals surface area contributed by atoms with Crippen molar-refractivity contribution in [3.8, 4) is 0 Å². The Labute approximate surface area is 116 Å². The Morgan fingerprint density at radius 3 is 2.68 bits per heavy atom. The monoisotopic (exact) mass is 265 g/mol. The summed E-state index contributed by atoms with van der Waals surface area (Å²) in [4.78, 5) is 6.94. The van der Waals surface area contributed by atoms with Gasteiger partial charge in [-0.3, -0.25) is 4.90 Å². The SMILES string of the molecule is CCn1ncnc1CN1CC(C)(CC)NCC1(C)C. The third kappa shape index (κ3) is 2.98. The summed E-state index contributed by atoms with van der Waals surface area (Å²) in [5.74, 6) is 1.07. The Morgan fingerprint density at radius 1 is 1.32 bits per heavy atom. The van der Waals surface area contributed by atoms with Crippen LogP contribution in [0.2, 0.25) is 0 Å². The highest BCUT2D eigenvalue weighted by atomic mass is 15.4. The number of rotatable bonds is 4. The zero-order valence-electron chi connectivity index (χ0n) is 12.9. The molecule has 2 heterocycles. The Kier molecular flexibility index (Phi) is 3.97. The normalized spacial score (nSPS) is 27.6. The molecule has 1 aliphatic heterocycles. The molecule has 1 unspecified atom stereocenters. The average Bonchev–Trinajstić information content (AvgIpc) is 2.82. The topological polar surface area (TPSA) is 46.0 Å². The second kappa shape index (κ2) is 5.21. The van der Waals surface area contributed by atoms with Crippen molar-refractivity contribution >= 4 is 0 Å². The molecular weight excluding hydrogens is 238 g/mol. The number of aryl methyl sites for hydroxylation is 1. The Bertz CT molecular complexity index is 425. The van der Waals surface area contributed by atoms with Gasteiger partial charge in [-0.05, 0) is 34.1 Å². The van der Waals surface area contributed by atoms with Crippen molar-refractivity contribution < 1.29 is 0 Å². The summed E-state index contributed by atoms with van der Waals surface area (Å²) in [6.45, 7) is 15.1. The first-order valence-electron chi connectivity index (χ1n) is 7.27. The van der Waals surface area contributed by atoms with E-state index in [9.17, 15) is 0 Å². The van der Waals surface area contributed by atoms with Gasteiger partial charge in [-0.2, -0.15) is 5.10 Å². The first-order chi connectivity index (χ1) is 8.90. The maximum absolute atomic E-state index is 4.41. The first-order valence-corrected chi connectivity index (χ1v) is 7.27. The molecule has 1 saturated heterocycles. The van der Waals surface area contributed by atoms with Gasteiger partial charge in [-0.25, -0.2) is 9.67 Å². The van der Waals surface area contributed by atoms with Crippen LogP contribution in [-0.2, 0) is 13.1 Å². The third-order valence-corrected chi connectivity index (χ3v) is 4.45. The molecule has 2 rings (SSSR count). The van der Waals surface area contributed by atoms with Gasteiger partial charge in [-0.15, -0.1) is 0 Å². The smallest absolute Gasteiger partial charge is 0.141 e. The summed E-state index contributed by atoms with van der Waals surface area (Å²) >= 11 is 0. The zero-order valence-corrected chi connectivity index (χ0v) is 12.9. The molecule has 108 valence electrons. The van der Waals surface area contributed by atoms with Gasteiger partial charge in [-0.1, -0.05) is 6.92 Å². The van der Waals surface area contributed by atoms with Crippen LogP contribution in [-0.4, -0.2) is 43.8 Å². The number of aromatic nitrogens is 3. The minimum Gasteiger partial charge on any atom is -0.308 e. The van der Waals surface area contributed by atoms with Gasteiger partial charge in [0.2, 0.25) is 0 Å². The van der Waals surface area contributed by atoms with Crippen LogP contribution in [0.3, 0.4) is 0 Å². The van der Waals surface area contributed by atoms with E-state index in [0.717, 1.165) is 38.4 Å². The maximum atomic E-state index is 4.41. The molecule has 1 aliphatic rings. The fraction of sp³-hybridized carbons (Fsp3) is 0.857. The highest BCUT2D eigenvalue weighted by Gasteiger charge is 2.39. The van der Waals surface area contributed by atoms with Gasteiger partial charge in [0, 0.05) is 30.7 Å². The van der Waals surface area contributed by atoms with Crippen molar-refractivity contribution in [2.75, 3.05) is 13.1 Å². The van der Waals surface area contributed by atoms with Crippen LogP contribution in [0.5, 0.6) is 0 Å². The van der Waals surface area contributed by atoms with Crippen molar-refractivity contribution in [1.82, 2.24) is 25.0 Å². The highest BCUT2D eigenvalue weighted by molar-refractivity contribution is 5.01. The average molecular weight is 265 g/mol. The number of hydrogen-bond acceptors (Lipinski definition) is 4. The molecule has 0 saturated carbocycles. The molecule has 0 radical (unpaired) electrons. The summed E-state index contributed by atoms with van der Waals surface area (Å²) in [5, 5.41) is 7.96. The van der Waals surface area contributed by atoms with E-state index in [1.165, 1.54) is 0 Å². The molecule has 0 aromatic carbocycles. The number of nitrogens with zero attached hydrogens (tertiary/aromatic N) is 4. The molecule has 5 nitrogen and oxygen atoms in total. The lowest BCUT2D eigenvalue weighted by Gasteiger charge is -2.50. The van der Waals surface area contributed by atoms with Crippen molar-refractivity contribution in [3.63, 3.8) is 0 Å². The summed E-state index contributed by atoms with van der Waals surface area (Å²) in [6, 6.07) is 0. The van der Waals surface area contributed by atoms with Crippen molar-refractivity contribution in [2.24, 2.45) is 0 Å². The van der Waals surface area contributed by atoms with E-state index in [-0.39, 0.29) is 11.1 Å². The number of piperazine rings is 1. The lowest BCUT2D eigenvalue weighted by molar-refractivity contribution is 0.0216. The van der Waals surface area contributed by atoms with Crippen LogP contribution < -0.4 is 5.32 Å². The fourth-order valence-electron chi connectivity index (χ4n) is 2.58. The second-order valence-corrected chi connectivity index (χ2v) is 6.43. The lowest BCUT2D eigenvalue weighted by Crippen LogP contribution is -2.66. The molecule has 1 atom stereocenters. The largest absolute Gasteiger partial charge is 0.308 e. The van der Waals surface area contributed by atoms with E-state index < -0.39 is 0 Å². The minimum absolute atomic E-state index is 0.152. The standard InChI is InChI=1S/C14H27N5/c1-6-14(5)10-18(13(3,4)9-16-14)8-12-15-11-17-19(12)7-2/h11,16H,6-10H2,1-5H3. The number of nitrogens with one attached hydrogen (secondary N) is 1. The van der Waals surface area contributed by atoms with E-state index in [0.29, 0.717) is 0 Å².